The van der Waals surface area contributed by atoms with Crippen LogP contribution in [0.3, 0.4) is 0 Å². The van der Waals surface area contributed by atoms with Gasteiger partial charge in [0.25, 0.3) is 0 Å². The Balaban J connectivity index is 1.81. The molecule has 0 saturated heterocycles. The SMILES string of the molecule is O=C(NN=Cc1ccc(Br)s1)C1CCCCC1. The highest BCUT2D eigenvalue weighted by Crippen LogP contribution is 2.23. The average molecular weight is 315 g/mol. The molecule has 0 aliphatic heterocycles. The molecule has 1 aromatic rings. The minimum absolute atomic E-state index is 0.0663. The molecule has 0 radical (unpaired) electrons. The second-order valence-corrected chi connectivity index (χ2v) is 6.71. The molecule has 0 unspecified atom stereocenters. The third-order valence-corrected chi connectivity index (χ3v) is 4.49. The zero-order chi connectivity index (χ0) is 12.1. The van der Waals surface area contributed by atoms with Gasteiger partial charge in [0.15, 0.2) is 0 Å². The summed E-state index contributed by atoms with van der Waals surface area (Å²) < 4.78 is 1.07. The van der Waals surface area contributed by atoms with Crippen molar-refractivity contribution >= 4 is 39.4 Å². The van der Waals surface area contributed by atoms with Crippen molar-refractivity contribution in [1.29, 1.82) is 0 Å². The Morgan fingerprint density at radius 3 is 2.82 bits per heavy atom. The lowest BCUT2D eigenvalue weighted by Gasteiger charge is -2.19. The van der Waals surface area contributed by atoms with Crippen LogP contribution in [0.25, 0.3) is 0 Å². The molecule has 5 heteroatoms. The van der Waals surface area contributed by atoms with E-state index in [1.54, 1.807) is 17.6 Å². The summed E-state index contributed by atoms with van der Waals surface area (Å²) in [5, 5.41) is 4.00. The Bertz CT molecular complexity index is 410. The summed E-state index contributed by atoms with van der Waals surface area (Å²) in [6.45, 7) is 0. The lowest BCUT2D eigenvalue weighted by molar-refractivity contribution is -0.125. The van der Waals surface area contributed by atoms with Crippen LogP contribution in [0.15, 0.2) is 21.0 Å². The normalized spacial score (nSPS) is 17.5. The van der Waals surface area contributed by atoms with Crippen LogP contribution >= 0.6 is 27.3 Å². The van der Waals surface area contributed by atoms with E-state index in [2.05, 4.69) is 26.5 Å². The smallest absolute Gasteiger partial charge is 0.243 e. The molecule has 1 aliphatic rings. The molecule has 1 aliphatic carbocycles. The topological polar surface area (TPSA) is 41.5 Å². The van der Waals surface area contributed by atoms with E-state index in [-0.39, 0.29) is 11.8 Å². The minimum atomic E-state index is 0.0663. The van der Waals surface area contributed by atoms with Crippen molar-refractivity contribution in [3.8, 4) is 0 Å². The number of nitrogens with one attached hydrogen (secondary N) is 1. The van der Waals surface area contributed by atoms with Gasteiger partial charge in [-0.15, -0.1) is 11.3 Å². The van der Waals surface area contributed by atoms with Crippen LogP contribution in [-0.4, -0.2) is 12.1 Å². The molecule has 1 fully saturated rings. The van der Waals surface area contributed by atoms with Gasteiger partial charge in [0.05, 0.1) is 10.0 Å². The maximum Gasteiger partial charge on any atom is 0.243 e. The summed E-state index contributed by atoms with van der Waals surface area (Å²) in [6.07, 6.45) is 7.30. The van der Waals surface area contributed by atoms with Crippen LogP contribution in [-0.2, 0) is 4.79 Å². The van der Waals surface area contributed by atoms with Crippen LogP contribution in [0.5, 0.6) is 0 Å². The number of halogens is 1. The molecule has 1 amide bonds. The highest BCUT2D eigenvalue weighted by Gasteiger charge is 2.20. The molecule has 92 valence electrons. The molecule has 1 saturated carbocycles. The number of thiophene rings is 1. The molecule has 0 aromatic carbocycles. The highest BCUT2D eigenvalue weighted by molar-refractivity contribution is 9.11. The van der Waals surface area contributed by atoms with E-state index in [0.717, 1.165) is 21.5 Å². The Kier molecular flexibility index (Phi) is 4.74. The largest absolute Gasteiger partial charge is 0.273 e. The molecule has 1 N–H and O–H groups in total. The summed E-state index contributed by atoms with van der Waals surface area (Å²) in [5.41, 5.74) is 2.63. The monoisotopic (exact) mass is 314 g/mol. The lowest BCUT2D eigenvalue weighted by atomic mass is 9.89. The summed E-state index contributed by atoms with van der Waals surface area (Å²) in [5.74, 6) is 0.229. The minimum Gasteiger partial charge on any atom is -0.273 e. The fourth-order valence-electron chi connectivity index (χ4n) is 2.01. The standard InChI is InChI=1S/C12H15BrN2OS/c13-11-7-6-10(17-11)8-14-15-12(16)9-4-2-1-3-5-9/h6-9H,1-5H2,(H,15,16). The molecular weight excluding hydrogens is 300 g/mol. The number of carbonyl (C=O) groups is 1. The number of nitrogens with zero attached hydrogens (tertiary/aromatic N) is 1. The molecule has 17 heavy (non-hydrogen) atoms. The molecule has 0 bridgehead atoms. The quantitative estimate of drug-likeness (QED) is 0.673. The van der Waals surface area contributed by atoms with Crippen molar-refractivity contribution in [3.05, 3.63) is 20.8 Å². The molecule has 3 nitrogen and oxygen atoms in total. The zero-order valence-corrected chi connectivity index (χ0v) is 11.9. The van der Waals surface area contributed by atoms with E-state index >= 15 is 0 Å². The van der Waals surface area contributed by atoms with Gasteiger partial charge in [0.1, 0.15) is 0 Å². The molecule has 0 spiro atoms. The van der Waals surface area contributed by atoms with E-state index in [0.29, 0.717) is 0 Å². The van der Waals surface area contributed by atoms with Gasteiger partial charge < -0.3 is 0 Å². The fraction of sp³-hybridized carbons (Fsp3) is 0.500. The van der Waals surface area contributed by atoms with Gasteiger partial charge >= 0.3 is 0 Å². The summed E-state index contributed by atoms with van der Waals surface area (Å²) in [7, 11) is 0. The third-order valence-electron chi connectivity index (χ3n) is 2.94. The van der Waals surface area contributed by atoms with Crippen LogP contribution < -0.4 is 5.43 Å². The summed E-state index contributed by atoms with van der Waals surface area (Å²) in [4.78, 5) is 12.8. The Morgan fingerprint density at radius 2 is 2.18 bits per heavy atom. The highest BCUT2D eigenvalue weighted by atomic mass is 79.9. The van der Waals surface area contributed by atoms with E-state index < -0.39 is 0 Å². The summed E-state index contributed by atoms with van der Waals surface area (Å²) in [6, 6.07) is 3.93. The van der Waals surface area contributed by atoms with Crippen molar-refractivity contribution in [2.24, 2.45) is 11.0 Å². The predicted octanol–water partition coefficient (Wildman–Crippen LogP) is 3.54. The first-order chi connectivity index (χ1) is 8.25. The number of hydrogen-bond acceptors (Lipinski definition) is 3. The second kappa shape index (κ2) is 6.31. The fourth-order valence-corrected chi connectivity index (χ4v) is 3.31. The van der Waals surface area contributed by atoms with E-state index in [9.17, 15) is 4.79 Å². The molecule has 1 aromatic heterocycles. The zero-order valence-electron chi connectivity index (χ0n) is 9.49. The first kappa shape index (κ1) is 12.8. The Hall–Kier alpha value is -0.680. The van der Waals surface area contributed by atoms with E-state index in [1.165, 1.54) is 19.3 Å². The maximum atomic E-state index is 11.8. The number of hydrazone groups is 1. The Morgan fingerprint density at radius 1 is 1.41 bits per heavy atom. The molecule has 0 atom stereocenters. The van der Waals surface area contributed by atoms with Crippen molar-refractivity contribution in [3.63, 3.8) is 0 Å². The number of rotatable bonds is 3. The predicted molar refractivity (Wildman–Crippen MR) is 74.3 cm³/mol. The number of carbonyl (C=O) groups excluding carboxylic acids is 1. The van der Waals surface area contributed by atoms with Crippen molar-refractivity contribution in [2.75, 3.05) is 0 Å². The third kappa shape index (κ3) is 3.92. The molecule has 2 rings (SSSR count). The van der Waals surface area contributed by atoms with Gasteiger partial charge in [-0.1, -0.05) is 19.3 Å². The Labute approximate surface area is 113 Å². The average Bonchev–Trinajstić information content (AvgIpc) is 2.76. The van der Waals surface area contributed by atoms with Gasteiger partial charge in [-0.05, 0) is 40.9 Å². The molecular formula is C12H15BrN2OS. The molecule has 1 heterocycles. The lowest BCUT2D eigenvalue weighted by Crippen LogP contribution is -2.28. The van der Waals surface area contributed by atoms with Crippen molar-refractivity contribution in [1.82, 2.24) is 5.43 Å². The maximum absolute atomic E-state index is 11.8. The van der Waals surface area contributed by atoms with Crippen LogP contribution in [0.2, 0.25) is 0 Å². The number of hydrogen-bond donors (Lipinski definition) is 1. The van der Waals surface area contributed by atoms with Gasteiger partial charge in [-0.2, -0.15) is 5.10 Å². The van der Waals surface area contributed by atoms with Crippen LogP contribution in [0, 0.1) is 5.92 Å². The van der Waals surface area contributed by atoms with Crippen molar-refractivity contribution < 1.29 is 4.79 Å². The van der Waals surface area contributed by atoms with E-state index in [4.69, 9.17) is 0 Å². The van der Waals surface area contributed by atoms with E-state index in [1.807, 2.05) is 12.1 Å². The van der Waals surface area contributed by atoms with Gasteiger partial charge in [-0.3, -0.25) is 4.79 Å². The number of amides is 1. The first-order valence-electron chi connectivity index (χ1n) is 5.84. The van der Waals surface area contributed by atoms with Gasteiger partial charge in [-0.25, -0.2) is 5.43 Å². The van der Waals surface area contributed by atoms with Gasteiger partial charge in [0.2, 0.25) is 5.91 Å². The van der Waals surface area contributed by atoms with Crippen molar-refractivity contribution in [2.45, 2.75) is 32.1 Å². The summed E-state index contributed by atoms with van der Waals surface area (Å²) >= 11 is 4.98. The van der Waals surface area contributed by atoms with Crippen LogP contribution in [0.1, 0.15) is 37.0 Å². The van der Waals surface area contributed by atoms with Crippen LogP contribution in [0.4, 0.5) is 0 Å². The van der Waals surface area contributed by atoms with Gasteiger partial charge in [0, 0.05) is 10.8 Å². The second-order valence-electron chi connectivity index (χ2n) is 4.21. The first-order valence-corrected chi connectivity index (χ1v) is 7.45.